The van der Waals surface area contributed by atoms with Crippen LogP contribution in [0.15, 0.2) is 36.5 Å². The molecule has 6 rings (SSSR count). The third-order valence-corrected chi connectivity index (χ3v) is 15.4. The molecule has 0 aromatic carbocycles. The van der Waals surface area contributed by atoms with Crippen LogP contribution in [0.5, 0.6) is 0 Å². The van der Waals surface area contributed by atoms with Crippen molar-refractivity contribution in [3.63, 3.8) is 0 Å². The summed E-state index contributed by atoms with van der Waals surface area (Å²) < 4.78 is 0. The third kappa shape index (κ3) is 103. The molecule has 6 aliphatic rings. The van der Waals surface area contributed by atoms with Crippen molar-refractivity contribution in [1.82, 2.24) is 0 Å². The second-order valence-corrected chi connectivity index (χ2v) is 19.6. The van der Waals surface area contributed by atoms with Crippen molar-refractivity contribution in [3.8, 4) is 0 Å². The van der Waals surface area contributed by atoms with Gasteiger partial charge in [0.15, 0.2) is 0 Å². The molecule has 0 saturated heterocycles. The normalized spacial score (nSPS) is 23.4. The quantitative estimate of drug-likeness (QED) is 0.0459. The molecule has 0 aromatic heterocycles. The summed E-state index contributed by atoms with van der Waals surface area (Å²) in [7, 11) is 0. The molecule has 6 fully saturated rings. The molecule has 0 heterocycles. The molecule has 35 heteroatoms. The van der Waals surface area contributed by atoms with Crippen LogP contribution in [0.4, 0.5) is 0 Å². The van der Waals surface area contributed by atoms with Crippen LogP contribution in [0.2, 0.25) is 0 Å². The smallest absolute Gasteiger partial charge is 0.0844 e. The molecule has 6 aliphatic carbocycles. The Morgan fingerprint density at radius 2 is 0.558 bits per heavy atom. The Bertz CT molecular complexity index is 1350. The number of allylic oxidation sites excluding steroid dienone is 12. The van der Waals surface area contributed by atoms with E-state index in [4.69, 9.17) is 23.2 Å². The molecule has 95 heavy (non-hydrogen) atoms. The predicted molar refractivity (Wildman–Crippen MR) is 281 cm³/mol. The maximum Gasteiger partial charge on any atom is 0.0844 e. The van der Waals surface area contributed by atoms with Crippen LogP contribution in [0.1, 0.15) is 191 Å². The Labute approximate surface area is 1360 Å². The zero-order valence-corrected chi connectivity index (χ0v) is 143. The average Bonchev–Trinajstić information content (AvgIpc) is 4.25. The van der Waals surface area contributed by atoms with Gasteiger partial charge in [-0.3, -0.25) is 36.5 Å². The van der Waals surface area contributed by atoms with Crippen molar-refractivity contribution in [2.45, 2.75) is 220 Å². The molecule has 3 nitrogen and oxygen atoms in total. The topological polar surface area (TPSA) is 60.7 Å². The fraction of sp³-hybridized carbons (Fsp3) is 0.733. The van der Waals surface area contributed by atoms with Crippen LogP contribution < -0.4 is 0 Å². The van der Waals surface area contributed by atoms with E-state index in [0.717, 1.165) is 120 Å². The van der Waals surface area contributed by atoms with E-state index in [2.05, 4.69) is 126 Å². The van der Waals surface area contributed by atoms with E-state index in [-0.39, 0.29) is 1020 Å². The minimum atomic E-state index is -0.554. The molecule has 468 valence electrons. The first-order chi connectivity index (χ1) is 30.3. The van der Waals surface area contributed by atoms with Crippen LogP contribution in [-0.4, -0.2) is 44.4 Å². The van der Waals surface area contributed by atoms with Crippen molar-refractivity contribution in [2.75, 3.05) is 0 Å². The van der Waals surface area contributed by atoms with Crippen LogP contribution >= 0.6 is 23.2 Å². The molecular weight excluding hydrogens is 3510 g/mol. The van der Waals surface area contributed by atoms with E-state index in [1.807, 2.05) is 0 Å². The first kappa shape index (κ1) is 214. The number of hydrogen-bond acceptors (Lipinski definition) is 3. The minimum Gasteiger partial charge on any atom is -0.501 e. The van der Waals surface area contributed by atoms with Crippen molar-refractivity contribution in [1.29, 1.82) is 0 Å². The van der Waals surface area contributed by atoms with Gasteiger partial charge in [0.05, 0.1) is 18.3 Å². The maximum atomic E-state index is 10.2. The van der Waals surface area contributed by atoms with Crippen LogP contribution in [0.25, 0.3) is 0 Å². The monoisotopic (exact) mass is 3600 g/mol. The summed E-state index contributed by atoms with van der Waals surface area (Å²) in [5, 5.41) is 29.3. The fourth-order valence-electron chi connectivity index (χ4n) is 10.6. The summed E-state index contributed by atoms with van der Waals surface area (Å²) in [5.74, 6) is 5.99. The number of rotatable bonds is 26. The number of aliphatic hydroxyl groups is 3. The Morgan fingerprint density at radius 3 is 0.874 bits per heavy atom. The molecule has 0 aromatic rings. The number of alkyl halides is 2. The summed E-state index contributed by atoms with van der Waals surface area (Å²) in [6.07, 6.45) is 66.0. The van der Waals surface area contributed by atoms with Gasteiger partial charge < -0.3 is 77.5 Å². The van der Waals surface area contributed by atoms with Gasteiger partial charge in [0.25, 0.3) is 0 Å². The van der Waals surface area contributed by atoms with Crippen molar-refractivity contribution in [2.24, 2.45) is 59.2 Å². The van der Waals surface area contributed by atoms with Gasteiger partial charge in [-0.1, -0.05) is 108 Å². The Kier molecular flexibility index (Phi) is 336. The Balaban J connectivity index is -0.0000000212. The SMILES string of the molecule is C.C.C.CC[C-]=CCC[C-]=CCC[CH-]C1C([CH-]CCC=[C-]CC)CCC2C(Cl)C12.CC[C-]=CCC[C-]=CCC[CH-]C1C([CH-]CCC=[C-]CC)CCC2C(O)C12.OC1CCC2C(Cl)C2C1O.[Y].[Y].[Y].[Y].[Y].[Y].[Y].[Y].[Y].[Y].[Y].[Y].[Y].[Y].[Y].[Y].[Y].[Y].[Y].[Y].[Y].[Y].[Y].[Y].[Y].[Y].[Y].[Y].[Y].[Y]. The molecular formula is C60H96Cl2O3Y30-10. The number of fused-ring (bicyclic) bond motifs is 3. The molecule has 30 radical (unpaired) electrons. The van der Waals surface area contributed by atoms with Gasteiger partial charge in [-0.25, -0.2) is 0 Å². The second kappa shape index (κ2) is 149. The molecule has 6 saturated carbocycles. The number of halogens is 2. The van der Waals surface area contributed by atoms with E-state index in [1.165, 1.54) is 32.1 Å². The van der Waals surface area contributed by atoms with Crippen molar-refractivity contribution in [3.05, 3.63) is 98.6 Å². The molecule has 0 spiro atoms. The predicted octanol–water partition coefficient (Wildman–Crippen LogP) is 16.0. The van der Waals surface area contributed by atoms with Gasteiger partial charge in [-0.05, 0) is 48.9 Å². The molecule has 15 atom stereocenters. The average molecular weight is 3600 g/mol. The number of aliphatic hydroxyl groups excluding tert-OH is 3. The standard InChI is InChI=1S/C25H36Cl.C25H37O.C7H11ClO2.3CH4.30Y/c2*1-3-5-7-9-10-11-12-14-16-18-22-21(17-15-13-8-6-4-2)19-20-23-24(22)25(23)26;8-6-3-1-2-4(9)7(10)5(3)6;;;;;;;;;;;;;;;;;;;;;;;;;;;;;;;;;/h7-8,12,17-18,21-25H,3-4,9-10,13-16,19-20H2,1-2H3;7-8,12,17-18,21-26H,3-4,9-10,13-16,19-20H2,1-2H3;3-7,9-10H,1-2H2;3*1H4;;;;;;;;;;;;;;;;;;;;;;;;;;;;;;/q2*-5;;;;;;;;;;;;;;;;;;;;;;;;;;;;;;;;;;. The van der Waals surface area contributed by atoms with Crippen LogP contribution in [0, 0.1) is 121 Å². The van der Waals surface area contributed by atoms with Gasteiger partial charge in [-0.2, -0.15) is 87.9 Å². The summed E-state index contributed by atoms with van der Waals surface area (Å²) in [6, 6.07) is 0. The largest absolute Gasteiger partial charge is 0.501 e. The molecule has 3 N–H and O–H groups in total. The zero-order chi connectivity index (χ0) is 44.5. The fourth-order valence-corrected chi connectivity index (χ4v) is 11.7. The van der Waals surface area contributed by atoms with Crippen molar-refractivity contribution < 1.29 is 997 Å². The van der Waals surface area contributed by atoms with Crippen LogP contribution in [-0.2, 0) is 981 Å². The van der Waals surface area contributed by atoms with Crippen molar-refractivity contribution >= 4 is 23.2 Å². The van der Waals surface area contributed by atoms with E-state index in [1.54, 1.807) is 0 Å². The minimum absolute atomic E-state index is 0. The van der Waals surface area contributed by atoms with Crippen LogP contribution in [0.3, 0.4) is 0 Å². The summed E-state index contributed by atoms with van der Waals surface area (Å²) >= 11 is 12.4. The first-order valence-corrected chi connectivity index (χ1v) is 26.1. The van der Waals surface area contributed by atoms with Gasteiger partial charge in [-0.15, -0.1) is 23.2 Å². The second-order valence-electron chi connectivity index (χ2n) is 18.6. The number of hydrogen-bond donors (Lipinski definition) is 3. The molecule has 15 unspecified atom stereocenters. The Hall–Kier alpha value is 32.0. The zero-order valence-electron chi connectivity index (χ0n) is 56.4. The summed E-state index contributed by atoms with van der Waals surface area (Å²) in [6.45, 7) is 8.52. The van der Waals surface area contributed by atoms with E-state index >= 15 is 0 Å². The molecule has 0 aliphatic heterocycles. The van der Waals surface area contributed by atoms with Gasteiger partial charge in [0.1, 0.15) is 0 Å². The first-order valence-electron chi connectivity index (χ1n) is 25.3. The van der Waals surface area contributed by atoms with E-state index in [0.29, 0.717) is 47.3 Å². The van der Waals surface area contributed by atoms with E-state index in [9.17, 15) is 15.3 Å². The number of unbranched alkanes of at least 4 members (excludes halogenated alkanes) is 6. The van der Waals surface area contributed by atoms with Gasteiger partial charge in [0, 0.05) is 998 Å². The van der Waals surface area contributed by atoms with Gasteiger partial charge in [0.2, 0.25) is 0 Å². The third-order valence-electron chi connectivity index (χ3n) is 14.2. The Morgan fingerprint density at radius 1 is 0.305 bits per heavy atom. The maximum absolute atomic E-state index is 10.2. The molecule has 0 amide bonds. The summed E-state index contributed by atoms with van der Waals surface area (Å²) in [5.41, 5.74) is 0. The summed E-state index contributed by atoms with van der Waals surface area (Å²) in [4.78, 5) is 0. The van der Waals surface area contributed by atoms with Gasteiger partial charge >= 0.3 is 0 Å². The van der Waals surface area contributed by atoms with E-state index < -0.39 is 12.2 Å². The molecule has 0 bridgehead atoms.